The molecule has 0 aliphatic heterocycles. The summed E-state index contributed by atoms with van der Waals surface area (Å²) >= 11 is 9.51. The Kier molecular flexibility index (Phi) is 3.87. The van der Waals surface area contributed by atoms with Crippen LogP contribution in [-0.4, -0.2) is 0 Å². The quantitative estimate of drug-likeness (QED) is 0.685. The Morgan fingerprint density at radius 1 is 1.24 bits per heavy atom. The van der Waals surface area contributed by atoms with Gasteiger partial charge in [-0.15, -0.1) is 0 Å². The Balaban J connectivity index is 1.91. The fourth-order valence-electron chi connectivity index (χ4n) is 2.18. The molecule has 21 heavy (non-hydrogen) atoms. The van der Waals surface area contributed by atoms with Crippen LogP contribution in [0.15, 0.2) is 51.4 Å². The van der Waals surface area contributed by atoms with Crippen molar-refractivity contribution >= 4 is 44.2 Å². The van der Waals surface area contributed by atoms with E-state index >= 15 is 0 Å². The molecule has 0 fully saturated rings. The zero-order valence-electron chi connectivity index (χ0n) is 10.9. The average Bonchev–Trinajstić information content (AvgIpc) is 2.81. The van der Waals surface area contributed by atoms with Crippen LogP contribution in [0.1, 0.15) is 11.1 Å². The Labute approximate surface area is 135 Å². The second-order valence-corrected chi connectivity index (χ2v) is 5.76. The summed E-state index contributed by atoms with van der Waals surface area (Å²) in [5, 5.41) is 13.8. The van der Waals surface area contributed by atoms with Crippen LogP contribution in [0.25, 0.3) is 11.0 Å². The molecule has 0 aliphatic rings. The van der Waals surface area contributed by atoms with Gasteiger partial charge in [-0.3, -0.25) is 0 Å². The maximum absolute atomic E-state index is 9.17. The van der Waals surface area contributed by atoms with Crippen LogP contribution in [0.3, 0.4) is 0 Å². The number of furan rings is 1. The van der Waals surface area contributed by atoms with Gasteiger partial charge in [-0.1, -0.05) is 34.1 Å². The van der Waals surface area contributed by atoms with Crippen LogP contribution in [-0.2, 0) is 6.54 Å². The monoisotopic (exact) mass is 360 g/mol. The van der Waals surface area contributed by atoms with Crippen molar-refractivity contribution in [1.82, 2.24) is 0 Å². The van der Waals surface area contributed by atoms with E-state index in [1.54, 1.807) is 6.07 Å². The van der Waals surface area contributed by atoms with Gasteiger partial charge in [-0.25, -0.2) is 0 Å². The molecular weight excluding hydrogens is 352 g/mol. The zero-order valence-corrected chi connectivity index (χ0v) is 13.2. The first-order valence-corrected chi connectivity index (χ1v) is 7.45. The van der Waals surface area contributed by atoms with Gasteiger partial charge in [0.25, 0.3) is 0 Å². The number of benzene rings is 2. The second kappa shape index (κ2) is 5.80. The Morgan fingerprint density at radius 3 is 2.86 bits per heavy atom. The summed E-state index contributed by atoms with van der Waals surface area (Å²) < 4.78 is 6.39. The molecule has 1 N–H and O–H groups in total. The molecule has 3 aromatic rings. The molecule has 0 unspecified atom stereocenters. The van der Waals surface area contributed by atoms with Crippen LogP contribution in [0.2, 0.25) is 5.22 Å². The molecule has 0 amide bonds. The summed E-state index contributed by atoms with van der Waals surface area (Å²) in [5.41, 5.74) is 2.99. The molecule has 0 saturated carbocycles. The second-order valence-electron chi connectivity index (χ2n) is 4.51. The summed E-state index contributed by atoms with van der Waals surface area (Å²) in [6, 6.07) is 15.4. The van der Waals surface area contributed by atoms with Crippen molar-refractivity contribution in [2.45, 2.75) is 6.54 Å². The normalized spacial score (nSPS) is 10.5. The van der Waals surface area contributed by atoms with E-state index in [2.05, 4.69) is 27.3 Å². The smallest absolute Gasteiger partial charge is 0.199 e. The zero-order chi connectivity index (χ0) is 14.8. The van der Waals surface area contributed by atoms with E-state index in [1.165, 1.54) is 0 Å². The Hall–Kier alpha value is -1.96. The minimum atomic E-state index is 0.374. The lowest BCUT2D eigenvalue weighted by Gasteiger charge is -2.08. The summed E-state index contributed by atoms with van der Waals surface area (Å²) in [7, 11) is 0. The number of nitrogens with zero attached hydrogens (tertiary/aromatic N) is 1. The lowest BCUT2D eigenvalue weighted by molar-refractivity contribution is 0.613. The largest absolute Gasteiger partial charge is 0.444 e. The number of hydrogen-bond donors (Lipinski definition) is 1. The molecule has 3 rings (SSSR count). The molecular formula is C16H10BrClN2O. The van der Waals surface area contributed by atoms with Crippen molar-refractivity contribution in [1.29, 1.82) is 5.26 Å². The number of fused-ring (bicyclic) bond motifs is 1. The fraction of sp³-hybridized carbons (Fsp3) is 0.0625. The van der Waals surface area contributed by atoms with Gasteiger partial charge < -0.3 is 9.73 Å². The molecule has 0 saturated heterocycles. The Bertz CT molecular complexity index is 851. The number of halogens is 2. The number of nitrogens with one attached hydrogen (secondary N) is 1. The highest BCUT2D eigenvalue weighted by Crippen LogP contribution is 2.30. The summed E-state index contributed by atoms with van der Waals surface area (Å²) in [4.78, 5) is 0. The molecule has 0 spiro atoms. The van der Waals surface area contributed by atoms with E-state index in [9.17, 15) is 5.26 Å². The molecule has 0 aliphatic carbocycles. The number of anilines is 1. The summed E-state index contributed by atoms with van der Waals surface area (Å²) in [6.07, 6.45) is 0. The minimum Gasteiger partial charge on any atom is -0.444 e. The topological polar surface area (TPSA) is 49.0 Å². The van der Waals surface area contributed by atoms with Gasteiger partial charge in [-0.05, 0) is 35.9 Å². The van der Waals surface area contributed by atoms with E-state index in [4.69, 9.17) is 16.0 Å². The molecule has 1 heterocycles. The van der Waals surface area contributed by atoms with Gasteiger partial charge in [-0.2, -0.15) is 5.26 Å². The van der Waals surface area contributed by atoms with Crippen molar-refractivity contribution in [3.05, 3.63) is 63.3 Å². The Morgan fingerprint density at radius 2 is 2.05 bits per heavy atom. The predicted octanol–water partition coefficient (Wildman–Crippen LogP) is 5.33. The first kappa shape index (κ1) is 14.0. The standard InChI is InChI=1S/C16H10BrClN2O/c17-11-5-6-14(10(7-11)8-19)20-9-13-12-3-1-2-4-15(12)21-16(13)18/h1-7,20H,9H2. The van der Waals surface area contributed by atoms with E-state index in [0.717, 1.165) is 26.7 Å². The first-order chi connectivity index (χ1) is 10.2. The molecule has 5 heteroatoms. The van der Waals surface area contributed by atoms with E-state index in [0.29, 0.717) is 17.3 Å². The third-order valence-electron chi connectivity index (χ3n) is 3.21. The van der Waals surface area contributed by atoms with Gasteiger partial charge in [0.05, 0.1) is 11.3 Å². The SMILES string of the molecule is N#Cc1cc(Br)ccc1NCc1c(Cl)oc2ccccc12. The van der Waals surface area contributed by atoms with Gasteiger partial charge in [0.15, 0.2) is 5.22 Å². The van der Waals surface area contributed by atoms with Crippen molar-refractivity contribution < 1.29 is 4.42 Å². The van der Waals surface area contributed by atoms with Crippen molar-refractivity contribution in [3.63, 3.8) is 0 Å². The highest BCUT2D eigenvalue weighted by atomic mass is 79.9. The number of hydrogen-bond acceptors (Lipinski definition) is 3. The molecule has 2 aromatic carbocycles. The van der Waals surface area contributed by atoms with Crippen molar-refractivity contribution in [2.75, 3.05) is 5.32 Å². The van der Waals surface area contributed by atoms with Crippen molar-refractivity contribution in [3.8, 4) is 6.07 Å². The number of para-hydroxylation sites is 1. The average molecular weight is 362 g/mol. The molecule has 3 nitrogen and oxygen atoms in total. The van der Waals surface area contributed by atoms with Crippen LogP contribution < -0.4 is 5.32 Å². The van der Waals surface area contributed by atoms with Crippen LogP contribution in [0.4, 0.5) is 5.69 Å². The van der Waals surface area contributed by atoms with Crippen molar-refractivity contribution in [2.24, 2.45) is 0 Å². The first-order valence-electron chi connectivity index (χ1n) is 6.28. The maximum atomic E-state index is 9.17. The van der Waals surface area contributed by atoms with E-state index < -0.39 is 0 Å². The van der Waals surface area contributed by atoms with Gasteiger partial charge >= 0.3 is 0 Å². The lowest BCUT2D eigenvalue weighted by atomic mass is 10.1. The predicted molar refractivity (Wildman–Crippen MR) is 87.4 cm³/mol. The minimum absolute atomic E-state index is 0.374. The van der Waals surface area contributed by atoms with Gasteiger partial charge in [0.1, 0.15) is 11.7 Å². The van der Waals surface area contributed by atoms with E-state index in [-0.39, 0.29) is 0 Å². The molecule has 1 aromatic heterocycles. The third kappa shape index (κ3) is 2.76. The van der Waals surface area contributed by atoms with Crippen LogP contribution >= 0.6 is 27.5 Å². The number of nitriles is 1. The van der Waals surface area contributed by atoms with Gasteiger partial charge in [0.2, 0.25) is 0 Å². The molecule has 0 bridgehead atoms. The van der Waals surface area contributed by atoms with Crippen LogP contribution in [0, 0.1) is 11.3 Å². The highest BCUT2D eigenvalue weighted by Gasteiger charge is 2.12. The van der Waals surface area contributed by atoms with Gasteiger partial charge in [0, 0.05) is 22.0 Å². The molecule has 0 radical (unpaired) electrons. The summed E-state index contributed by atoms with van der Waals surface area (Å²) in [6.45, 7) is 0.492. The highest BCUT2D eigenvalue weighted by molar-refractivity contribution is 9.10. The lowest BCUT2D eigenvalue weighted by Crippen LogP contribution is -2.01. The number of rotatable bonds is 3. The maximum Gasteiger partial charge on any atom is 0.199 e. The molecule has 0 atom stereocenters. The fourth-order valence-corrected chi connectivity index (χ4v) is 2.79. The van der Waals surface area contributed by atoms with Crippen LogP contribution in [0.5, 0.6) is 0 Å². The summed E-state index contributed by atoms with van der Waals surface area (Å²) in [5.74, 6) is 0. The molecule has 104 valence electrons. The van der Waals surface area contributed by atoms with E-state index in [1.807, 2.05) is 36.4 Å². The third-order valence-corrected chi connectivity index (χ3v) is 4.01.